The van der Waals surface area contributed by atoms with Crippen molar-refractivity contribution in [3.8, 4) is 0 Å². The third kappa shape index (κ3) is 5.88. The quantitative estimate of drug-likeness (QED) is 0.802. The van der Waals surface area contributed by atoms with Crippen molar-refractivity contribution in [3.05, 3.63) is 35.4 Å². The monoisotopic (exact) mass is 339 g/mol. The number of benzene rings is 1. The van der Waals surface area contributed by atoms with E-state index in [4.69, 9.17) is 0 Å². The number of aryl methyl sites for hydroxylation is 1. The molecule has 2 N–H and O–H groups in total. The molecule has 0 bridgehead atoms. The Labute approximate surface area is 140 Å². The first-order chi connectivity index (χ1) is 10.9. The zero-order chi connectivity index (χ0) is 16.9. The summed E-state index contributed by atoms with van der Waals surface area (Å²) < 4.78 is 29.4. The van der Waals surface area contributed by atoms with E-state index in [-0.39, 0.29) is 12.1 Å². The van der Waals surface area contributed by atoms with E-state index < -0.39 is 10.2 Å². The van der Waals surface area contributed by atoms with Crippen LogP contribution in [0.4, 0.5) is 0 Å². The average Bonchev–Trinajstić information content (AvgIpc) is 2.49. The molecule has 0 radical (unpaired) electrons. The molecule has 0 aliphatic carbocycles. The van der Waals surface area contributed by atoms with Crippen LogP contribution in [0.15, 0.2) is 24.3 Å². The highest BCUT2D eigenvalue weighted by Crippen LogP contribution is 2.24. The van der Waals surface area contributed by atoms with E-state index in [1.54, 1.807) is 0 Å². The molecule has 1 heterocycles. The van der Waals surface area contributed by atoms with Crippen molar-refractivity contribution in [2.24, 2.45) is 0 Å². The summed E-state index contributed by atoms with van der Waals surface area (Å²) in [6, 6.07) is 8.37. The van der Waals surface area contributed by atoms with Crippen LogP contribution in [0.2, 0.25) is 0 Å². The molecule has 1 fully saturated rings. The van der Waals surface area contributed by atoms with Crippen molar-refractivity contribution >= 4 is 10.2 Å². The van der Waals surface area contributed by atoms with Crippen LogP contribution in [0.3, 0.4) is 0 Å². The molecular weight excluding hydrogens is 310 g/mol. The Bertz CT molecular complexity index is 578. The van der Waals surface area contributed by atoms with E-state index in [2.05, 4.69) is 45.5 Å². The Morgan fingerprint density at radius 2 is 1.70 bits per heavy atom. The molecule has 0 amide bonds. The molecule has 0 aromatic heterocycles. The number of hydrogen-bond donors (Lipinski definition) is 2. The summed E-state index contributed by atoms with van der Waals surface area (Å²) >= 11 is 0. The maximum absolute atomic E-state index is 12.1. The number of nitrogens with one attached hydrogen (secondary N) is 2. The number of rotatable bonds is 7. The van der Waals surface area contributed by atoms with Gasteiger partial charge in [0.15, 0.2) is 0 Å². The van der Waals surface area contributed by atoms with Gasteiger partial charge in [0.2, 0.25) is 0 Å². The van der Waals surface area contributed by atoms with Gasteiger partial charge in [0.1, 0.15) is 0 Å². The summed E-state index contributed by atoms with van der Waals surface area (Å²) in [5, 5.41) is 0. The Morgan fingerprint density at radius 3 is 2.26 bits per heavy atom. The van der Waals surface area contributed by atoms with Crippen molar-refractivity contribution in [3.63, 3.8) is 0 Å². The van der Waals surface area contributed by atoms with Crippen LogP contribution in [-0.4, -0.2) is 39.0 Å². The molecule has 1 aromatic rings. The summed E-state index contributed by atoms with van der Waals surface area (Å²) in [6.07, 6.45) is 3.62. The predicted octanol–water partition coefficient (Wildman–Crippen LogP) is 2.35. The average molecular weight is 340 g/mol. The highest BCUT2D eigenvalue weighted by molar-refractivity contribution is 7.87. The Morgan fingerprint density at radius 1 is 1.09 bits per heavy atom. The molecule has 1 aliphatic rings. The predicted molar refractivity (Wildman–Crippen MR) is 94.5 cm³/mol. The molecule has 2 rings (SSSR count). The van der Waals surface area contributed by atoms with E-state index >= 15 is 0 Å². The minimum atomic E-state index is -3.46. The summed E-state index contributed by atoms with van der Waals surface area (Å²) in [4.78, 5) is 2.39. The van der Waals surface area contributed by atoms with Crippen LogP contribution in [-0.2, 0) is 10.2 Å². The van der Waals surface area contributed by atoms with E-state index in [9.17, 15) is 8.42 Å². The first kappa shape index (κ1) is 18.4. The molecule has 1 saturated heterocycles. The van der Waals surface area contributed by atoms with Crippen molar-refractivity contribution in [1.82, 2.24) is 14.3 Å². The van der Waals surface area contributed by atoms with Crippen molar-refractivity contribution in [2.45, 2.75) is 52.1 Å². The van der Waals surface area contributed by atoms with Gasteiger partial charge in [-0.2, -0.15) is 13.1 Å². The molecule has 0 spiro atoms. The molecule has 1 aliphatic heterocycles. The lowest BCUT2D eigenvalue weighted by molar-refractivity contribution is 0.164. The lowest BCUT2D eigenvalue weighted by Crippen LogP contribution is -2.45. The minimum Gasteiger partial charge on any atom is -0.295 e. The van der Waals surface area contributed by atoms with Crippen molar-refractivity contribution in [1.29, 1.82) is 0 Å². The van der Waals surface area contributed by atoms with Gasteiger partial charge in [-0.3, -0.25) is 4.90 Å². The first-order valence-electron chi connectivity index (χ1n) is 8.45. The lowest BCUT2D eigenvalue weighted by atomic mass is 10.0. The smallest absolute Gasteiger partial charge is 0.277 e. The van der Waals surface area contributed by atoms with Crippen LogP contribution in [0.25, 0.3) is 0 Å². The number of hydrogen-bond acceptors (Lipinski definition) is 3. The van der Waals surface area contributed by atoms with Crippen LogP contribution in [0, 0.1) is 6.92 Å². The van der Waals surface area contributed by atoms with E-state index in [0.717, 1.165) is 13.1 Å². The highest BCUT2D eigenvalue weighted by atomic mass is 32.2. The summed E-state index contributed by atoms with van der Waals surface area (Å²) in [5.74, 6) is 0. The molecule has 0 saturated carbocycles. The Kier molecular flexibility index (Phi) is 6.59. The van der Waals surface area contributed by atoms with Gasteiger partial charge in [0.05, 0.1) is 0 Å². The molecule has 1 unspecified atom stereocenters. The molecule has 1 aromatic carbocycles. The number of nitrogens with zero attached hydrogens (tertiary/aromatic N) is 1. The SMILES string of the molecule is Cc1ccc(C(CNS(=O)(=O)NC(C)C)N2CCCCC2)cc1. The molecule has 23 heavy (non-hydrogen) atoms. The van der Waals surface area contributed by atoms with Gasteiger partial charge in [-0.1, -0.05) is 36.2 Å². The normalized spacial score (nSPS) is 18.3. The fraction of sp³-hybridized carbons (Fsp3) is 0.647. The van der Waals surface area contributed by atoms with Crippen molar-refractivity contribution < 1.29 is 8.42 Å². The molecular formula is C17H29N3O2S. The second kappa shape index (κ2) is 8.24. The van der Waals surface area contributed by atoms with Gasteiger partial charge >= 0.3 is 0 Å². The second-order valence-corrected chi connectivity index (χ2v) is 8.18. The second-order valence-electron chi connectivity index (χ2n) is 6.65. The van der Waals surface area contributed by atoms with Gasteiger partial charge in [-0.25, -0.2) is 4.72 Å². The van der Waals surface area contributed by atoms with E-state index in [1.165, 1.54) is 30.4 Å². The zero-order valence-electron chi connectivity index (χ0n) is 14.4. The highest BCUT2D eigenvalue weighted by Gasteiger charge is 2.24. The standard InChI is InChI=1S/C17H29N3O2S/c1-14(2)19-23(21,22)18-13-17(20-11-5-4-6-12-20)16-9-7-15(3)8-10-16/h7-10,14,17-19H,4-6,11-13H2,1-3H3. The molecule has 1 atom stereocenters. The van der Waals surface area contributed by atoms with Gasteiger partial charge in [-0.15, -0.1) is 0 Å². The third-order valence-corrected chi connectivity index (χ3v) is 5.48. The Balaban J connectivity index is 2.11. The zero-order valence-corrected chi connectivity index (χ0v) is 15.2. The maximum Gasteiger partial charge on any atom is 0.277 e. The topological polar surface area (TPSA) is 61.4 Å². The molecule has 130 valence electrons. The lowest BCUT2D eigenvalue weighted by Gasteiger charge is -2.35. The van der Waals surface area contributed by atoms with Gasteiger partial charge in [-0.05, 0) is 52.3 Å². The van der Waals surface area contributed by atoms with Gasteiger partial charge in [0.25, 0.3) is 10.2 Å². The van der Waals surface area contributed by atoms with E-state index in [0.29, 0.717) is 6.54 Å². The first-order valence-corrected chi connectivity index (χ1v) is 9.93. The largest absolute Gasteiger partial charge is 0.295 e. The fourth-order valence-electron chi connectivity index (χ4n) is 3.02. The minimum absolute atomic E-state index is 0.0830. The van der Waals surface area contributed by atoms with Crippen LogP contribution < -0.4 is 9.44 Å². The number of likely N-dealkylation sites (tertiary alicyclic amines) is 1. The fourth-order valence-corrected chi connectivity index (χ4v) is 4.10. The summed E-state index contributed by atoms with van der Waals surface area (Å²) in [7, 11) is -3.46. The van der Waals surface area contributed by atoms with Gasteiger partial charge < -0.3 is 0 Å². The summed E-state index contributed by atoms with van der Waals surface area (Å²) in [6.45, 7) is 8.15. The van der Waals surface area contributed by atoms with E-state index in [1.807, 2.05) is 13.8 Å². The number of piperidine rings is 1. The Hall–Kier alpha value is -0.950. The molecule has 6 heteroatoms. The third-order valence-electron chi connectivity index (χ3n) is 4.15. The van der Waals surface area contributed by atoms with Crippen LogP contribution in [0.1, 0.15) is 50.3 Å². The van der Waals surface area contributed by atoms with Gasteiger partial charge in [0, 0.05) is 18.6 Å². The van der Waals surface area contributed by atoms with Crippen LogP contribution >= 0.6 is 0 Å². The van der Waals surface area contributed by atoms with Crippen LogP contribution in [0.5, 0.6) is 0 Å². The summed E-state index contributed by atoms with van der Waals surface area (Å²) in [5.41, 5.74) is 2.39. The molecule has 5 nitrogen and oxygen atoms in total. The van der Waals surface area contributed by atoms with Crippen molar-refractivity contribution in [2.75, 3.05) is 19.6 Å². The maximum atomic E-state index is 12.1.